The topological polar surface area (TPSA) is 632 Å². The Kier molecular flexibility index (Phi) is 29.4. The molecule has 12 rings (SSSR count). The Morgan fingerprint density at radius 2 is 0.735 bits per heavy atom. The minimum atomic E-state index is -5.09. The molecule has 9 N–H and O–H groups in total. The van der Waals surface area contributed by atoms with Gasteiger partial charge < -0.3 is 134 Å². The number of halogens is 3. The summed E-state index contributed by atoms with van der Waals surface area (Å²) in [6.07, 6.45) is -13.0. The highest BCUT2D eigenvalue weighted by Gasteiger charge is 2.68. The lowest BCUT2D eigenvalue weighted by molar-refractivity contribution is -0.209. The fourth-order valence-electron chi connectivity index (χ4n) is 13.3. The van der Waals surface area contributed by atoms with Gasteiger partial charge in [0.05, 0.1) is 72.5 Å². The molecule has 4 aromatic heterocycles. The number of rotatable bonds is 22. The van der Waals surface area contributed by atoms with Crippen LogP contribution in [0.5, 0.6) is 0 Å². The average molecular weight is 1740 g/mol. The van der Waals surface area contributed by atoms with Crippen LogP contribution in [0.2, 0.25) is 0 Å². The maximum atomic E-state index is 12.4. The molecule has 0 aromatic carbocycles. The Morgan fingerprint density at radius 3 is 0.957 bits per heavy atom. The van der Waals surface area contributed by atoms with Gasteiger partial charge in [0.15, 0.2) is 24.9 Å². The van der Waals surface area contributed by atoms with Gasteiger partial charge in [0.2, 0.25) is 5.91 Å². The monoisotopic (exact) mass is 1740 g/mol. The summed E-state index contributed by atoms with van der Waals surface area (Å²) in [4.78, 5) is 174. The number of aliphatic hydroxyl groups is 1. The molecule has 117 heavy (non-hydrogen) atoms. The molecular formula is C64H76F3N11O35P4-4. The molecule has 2 amide bonds. The zero-order valence-corrected chi connectivity index (χ0v) is 66.4. The molecular weight excluding hydrogens is 1660 g/mol. The molecule has 12 heterocycles. The summed E-state index contributed by atoms with van der Waals surface area (Å²) in [6, 6.07) is 0. The van der Waals surface area contributed by atoms with Gasteiger partial charge in [0.1, 0.15) is 130 Å². The molecule has 0 radical (unpaired) electrons. The summed E-state index contributed by atoms with van der Waals surface area (Å²) in [5.41, 5.74) is -6.49. The van der Waals surface area contributed by atoms with E-state index >= 15 is 0 Å². The number of aromatic amines is 4. The normalized spacial score (nSPS) is 29.9. The number of nitrogens with zero attached hydrogens (tertiary/aromatic N) is 4. The predicted molar refractivity (Wildman–Crippen MR) is 378 cm³/mol. The number of nitrogens with two attached hydrogens (primary N) is 1. The van der Waals surface area contributed by atoms with Gasteiger partial charge in [-0.25, -0.2) is 19.2 Å². The molecule has 8 aliphatic heterocycles. The molecule has 0 spiro atoms. The second-order valence-electron chi connectivity index (χ2n) is 26.8. The number of aliphatic hydroxyl groups excluding tert-OH is 1. The first-order chi connectivity index (χ1) is 54.7. The van der Waals surface area contributed by atoms with E-state index in [2.05, 4.69) is 67.6 Å². The van der Waals surface area contributed by atoms with Crippen molar-refractivity contribution in [2.24, 2.45) is 5.73 Å². The molecule has 4 aromatic rings. The highest BCUT2D eigenvalue weighted by molar-refractivity contribution is 7.51. The van der Waals surface area contributed by atoms with Crippen molar-refractivity contribution in [3.8, 4) is 47.4 Å². The molecule has 0 saturated carbocycles. The number of aromatic nitrogens is 8. The zero-order chi connectivity index (χ0) is 86.3. The quantitative estimate of drug-likeness (QED) is 0.0268. The van der Waals surface area contributed by atoms with Crippen molar-refractivity contribution < 1.29 is 141 Å². The first kappa shape index (κ1) is 92.6. The van der Waals surface area contributed by atoms with E-state index in [1.807, 2.05) is 4.98 Å². The van der Waals surface area contributed by atoms with Crippen molar-refractivity contribution in [1.82, 2.24) is 48.8 Å². The van der Waals surface area contributed by atoms with Gasteiger partial charge in [-0.05, 0) is 0 Å². The summed E-state index contributed by atoms with van der Waals surface area (Å²) in [6.45, 7) is 3.60. The number of carbonyl (C=O) groups is 2. The Hall–Kier alpha value is -8.27. The standard InChI is InChI=1S/C17H19F3N3O9P.C17H22N3O9P.C15H20N3O8P.C15H19N2O9P/c1-29-7-16-8-30-10(11(16)32-33(2,27)28)13(31-16)23-6-9(12(24)22-15(23)26)4-3-5-21-14(25)17(18,19)20;1-10(21)18-6-4-5-11-7-20(16(23)19-14(11)22)15-12-13(29-30(3,24)25)17(28-15,8-26-2)9-27-12;1-23-7-15-8-24-10(11(15)26-27(2,21)22)13(25-15)18-6-9(4-3-5-16)12(19)17-14(18)20;1-23-7-15-8-24-10(11(15)26-27(2,21)22)13(25-15)17-6-9(4-3-5-18)12(19)16-14(17)20/h6,10-11,13H,5,7-8H2,1-2H3,(H,21,25)(H,27,28)(H,22,24,26);7,12-13,15H,6,8-9H2,1-3H3,(H,18,21)(H,24,25)(H,19,22,23);6,10-11,13H,5,7-8,16H2,1-2H3,(H,21,22)(H,17,19,20);6,10-11,13,18H,5,7-8H2,1-2H3,(H,21,22)(H,16,19,20)/p-4/t10-,11?,13-,16-;12-,13?,15-,17-;2*10-,11?,13-,15-/m1111/s1. The van der Waals surface area contributed by atoms with E-state index in [0.717, 1.165) is 51.1 Å². The number of fused-ring (bicyclic) bond motifs is 8. The zero-order valence-electron chi connectivity index (χ0n) is 62.8. The second-order valence-corrected chi connectivity index (χ2v) is 33.8. The van der Waals surface area contributed by atoms with Crippen LogP contribution in [0.1, 0.15) is 54.1 Å². The minimum Gasteiger partial charge on any atom is -0.779 e. The molecule has 20 atom stereocenters. The molecule has 46 nitrogen and oxygen atoms in total. The third-order valence-corrected chi connectivity index (χ3v) is 20.2. The second kappa shape index (κ2) is 37.2. The lowest BCUT2D eigenvalue weighted by Crippen LogP contribution is -2.46. The van der Waals surface area contributed by atoms with Crippen LogP contribution in [0.3, 0.4) is 0 Å². The number of hydrogen-bond acceptors (Lipinski definition) is 36. The number of carbonyl (C=O) groups excluding carboxylic acids is 2. The number of H-pyrrole nitrogens is 4. The number of nitrogens with one attached hydrogen (secondary N) is 6. The van der Waals surface area contributed by atoms with E-state index in [1.165, 1.54) is 59.3 Å². The van der Waals surface area contributed by atoms with E-state index in [0.29, 0.717) is 0 Å². The van der Waals surface area contributed by atoms with Gasteiger partial charge in [0, 0.05) is 86.8 Å². The maximum Gasteiger partial charge on any atom is 0.471 e. The van der Waals surface area contributed by atoms with Crippen LogP contribution in [0.4, 0.5) is 13.2 Å². The van der Waals surface area contributed by atoms with Crippen molar-refractivity contribution >= 4 is 42.2 Å². The molecule has 8 bridgehead atoms. The lowest BCUT2D eigenvalue weighted by Gasteiger charge is -2.32. The predicted octanol–water partition coefficient (Wildman–Crippen LogP) is -8.16. The van der Waals surface area contributed by atoms with Crippen LogP contribution < -0.4 is 80.9 Å². The SMILES string of the molecule is COC[C@@]12CO[C@H](C1OP(C)(=O)[O-])[C@H](n1cc(C#CCN)c(=O)[nH]c1=O)O2.COC[C@@]12CO[C@H](C1OP(C)(=O)[O-])[C@H](n1cc(C#CCNC(=O)C(F)(F)F)c(=O)[nH]c1=O)O2.COC[C@@]12CO[C@H](C1OP(C)(=O)[O-])[C@H](n1cc(C#CCNC(C)=O)c(=O)[nH]c1=O)O2.COC[C@@]12CO[C@H](C1OP(C)(=O)[O-])[C@H](n1cc(C#CCO)c(=O)[nH]c1=O)O2. The Balaban J connectivity index is 0.000000179. The van der Waals surface area contributed by atoms with Gasteiger partial charge in [-0.2, -0.15) is 13.2 Å². The summed E-state index contributed by atoms with van der Waals surface area (Å²) < 4.78 is 175. The van der Waals surface area contributed by atoms with Crippen LogP contribution in [0.15, 0.2) is 63.1 Å². The van der Waals surface area contributed by atoms with E-state index < -0.39 is 197 Å². The molecule has 0 aliphatic carbocycles. The van der Waals surface area contributed by atoms with E-state index in [9.17, 15) is 99.0 Å². The van der Waals surface area contributed by atoms with Crippen molar-refractivity contribution in [3.05, 3.63) is 130 Å². The highest BCUT2D eigenvalue weighted by atomic mass is 31.2. The number of amides is 2. The number of methoxy groups -OCH3 is 4. The van der Waals surface area contributed by atoms with Crippen LogP contribution in [-0.2, 0) is 103 Å². The summed E-state index contributed by atoms with van der Waals surface area (Å²) in [5.74, 6) is 17.0. The third-order valence-electron chi connectivity index (χ3n) is 17.7. The number of alkyl halides is 3. The maximum absolute atomic E-state index is 12.4. The molecule has 8 aliphatic rings. The van der Waals surface area contributed by atoms with Crippen molar-refractivity contribution in [2.45, 2.75) is 109 Å². The smallest absolute Gasteiger partial charge is 0.471 e. The fourth-order valence-corrected chi connectivity index (χ4v) is 16.2. The minimum absolute atomic E-state index is 0.00809. The van der Waals surface area contributed by atoms with Crippen LogP contribution in [-0.4, -0.2) is 267 Å². The molecule has 8 saturated heterocycles. The van der Waals surface area contributed by atoms with Crippen LogP contribution >= 0.6 is 30.4 Å². The first-order valence-electron chi connectivity index (χ1n) is 34.0. The van der Waals surface area contributed by atoms with Crippen LogP contribution in [0, 0.1) is 47.4 Å². The third kappa shape index (κ3) is 21.7. The molecule has 642 valence electrons. The van der Waals surface area contributed by atoms with Crippen molar-refractivity contribution in [2.75, 3.05) is 134 Å². The summed E-state index contributed by atoms with van der Waals surface area (Å²) >= 11 is 0. The largest absolute Gasteiger partial charge is 0.779 e. The molecule has 53 heteroatoms. The van der Waals surface area contributed by atoms with E-state index in [1.54, 1.807) is 0 Å². The van der Waals surface area contributed by atoms with E-state index in [-0.39, 0.29) is 94.1 Å². The number of ether oxygens (including phenoxy) is 12. The van der Waals surface area contributed by atoms with Gasteiger partial charge in [-0.15, -0.1) is 0 Å². The summed E-state index contributed by atoms with van der Waals surface area (Å²) in [5, 5.41) is 12.8. The number of hydrogen-bond donors (Lipinski definition) is 8. The van der Waals surface area contributed by atoms with Crippen LogP contribution in [0.25, 0.3) is 0 Å². The lowest BCUT2D eigenvalue weighted by atomic mass is 10.0. The Morgan fingerprint density at radius 1 is 0.487 bits per heavy atom. The van der Waals surface area contributed by atoms with Gasteiger partial charge in [-0.1, -0.05) is 47.4 Å². The van der Waals surface area contributed by atoms with Gasteiger partial charge in [0.25, 0.3) is 22.2 Å². The summed E-state index contributed by atoms with van der Waals surface area (Å²) in [7, 11) is -11.1. The molecule has 8 unspecified atom stereocenters. The van der Waals surface area contributed by atoms with E-state index in [4.69, 9.17) is 85.8 Å². The van der Waals surface area contributed by atoms with Gasteiger partial charge >= 0.3 is 34.8 Å². The molecule has 8 fully saturated rings. The van der Waals surface area contributed by atoms with Gasteiger partial charge in [-0.3, -0.25) is 67.0 Å². The highest BCUT2D eigenvalue weighted by Crippen LogP contribution is 2.55. The fraction of sp³-hybridized carbons (Fsp3) is 0.594. The Bertz CT molecular complexity index is 5240. The van der Waals surface area contributed by atoms with Crippen molar-refractivity contribution in [3.63, 3.8) is 0 Å². The van der Waals surface area contributed by atoms with Crippen molar-refractivity contribution in [1.29, 1.82) is 0 Å². The average Bonchev–Trinajstić information content (AvgIpc) is 1.59. The first-order valence-corrected chi connectivity index (χ1v) is 42.0. The Labute approximate surface area is 656 Å².